The first-order valence-electron chi connectivity index (χ1n) is 11.2. The molecule has 36 heavy (non-hydrogen) atoms. The van der Waals surface area contributed by atoms with E-state index in [1.165, 1.54) is 18.2 Å². The summed E-state index contributed by atoms with van der Waals surface area (Å²) in [6, 6.07) is 24.5. The van der Waals surface area contributed by atoms with Crippen LogP contribution in [0, 0.1) is 0 Å². The highest BCUT2D eigenvalue weighted by atomic mass is 16.6. The van der Waals surface area contributed by atoms with Gasteiger partial charge < -0.3 is 24.4 Å². The van der Waals surface area contributed by atoms with Gasteiger partial charge in [-0.2, -0.15) is 0 Å². The minimum absolute atomic E-state index is 0.159. The Labute approximate surface area is 207 Å². The van der Waals surface area contributed by atoms with E-state index in [9.17, 15) is 24.6 Å². The molecule has 0 amide bonds. The Balaban J connectivity index is 1.60. The molecule has 0 spiro atoms. The number of carbonyl (C=O) groups excluding carboxylic acids is 3. The van der Waals surface area contributed by atoms with Gasteiger partial charge in [0.15, 0.2) is 12.2 Å². The van der Waals surface area contributed by atoms with Gasteiger partial charge in [-0.15, -0.1) is 0 Å². The van der Waals surface area contributed by atoms with Crippen LogP contribution in [0.1, 0.15) is 31.1 Å². The normalized spacial score (nSPS) is 21.1. The van der Waals surface area contributed by atoms with E-state index < -0.39 is 42.3 Å². The number of carbonyl (C=O) groups is 3. The van der Waals surface area contributed by atoms with E-state index in [0.29, 0.717) is 5.56 Å². The maximum atomic E-state index is 12.9. The third kappa shape index (κ3) is 5.86. The van der Waals surface area contributed by atoms with Crippen molar-refractivity contribution >= 4 is 17.9 Å². The van der Waals surface area contributed by atoms with Crippen LogP contribution in [0.25, 0.3) is 0 Å². The number of rotatable bonds is 7. The molecule has 8 heteroatoms. The minimum atomic E-state index is -1.60. The van der Waals surface area contributed by atoms with E-state index in [1.807, 2.05) is 0 Å². The molecule has 8 nitrogen and oxygen atoms in total. The SMILES string of the molecule is O=C(OCC1=C[C@@H](O)[C@@H](O)[C@@H](OC(=O)c2ccccc2)[C@@H]1OC(=O)c1ccccc1)c1ccccc1. The second-order valence-corrected chi connectivity index (χ2v) is 8.09. The summed E-state index contributed by atoms with van der Waals surface area (Å²) < 4.78 is 16.5. The zero-order valence-electron chi connectivity index (χ0n) is 19.1. The molecule has 2 N–H and O–H groups in total. The molecule has 1 aliphatic rings. The van der Waals surface area contributed by atoms with Crippen molar-refractivity contribution in [1.82, 2.24) is 0 Å². The van der Waals surface area contributed by atoms with Crippen molar-refractivity contribution in [3.05, 3.63) is 119 Å². The number of aliphatic hydroxyl groups is 2. The second kappa shape index (κ2) is 11.4. The van der Waals surface area contributed by atoms with Crippen molar-refractivity contribution in [3.8, 4) is 0 Å². The molecule has 0 heterocycles. The predicted octanol–water partition coefficient (Wildman–Crippen LogP) is 2.96. The maximum absolute atomic E-state index is 12.9. The smallest absolute Gasteiger partial charge is 0.338 e. The molecule has 0 aromatic heterocycles. The number of esters is 3. The van der Waals surface area contributed by atoms with Crippen LogP contribution >= 0.6 is 0 Å². The van der Waals surface area contributed by atoms with Crippen LogP contribution in [0.15, 0.2) is 103 Å². The maximum Gasteiger partial charge on any atom is 0.338 e. The minimum Gasteiger partial charge on any atom is -0.457 e. The van der Waals surface area contributed by atoms with Gasteiger partial charge in [-0.05, 0) is 42.5 Å². The van der Waals surface area contributed by atoms with E-state index in [2.05, 4.69) is 0 Å². The fourth-order valence-corrected chi connectivity index (χ4v) is 3.73. The van der Waals surface area contributed by atoms with Crippen molar-refractivity contribution in [2.24, 2.45) is 0 Å². The molecule has 1 aliphatic carbocycles. The molecule has 0 fully saturated rings. The molecule has 0 aliphatic heterocycles. The zero-order valence-corrected chi connectivity index (χ0v) is 19.1. The van der Waals surface area contributed by atoms with Gasteiger partial charge in [-0.3, -0.25) is 0 Å². The van der Waals surface area contributed by atoms with Crippen LogP contribution in [0.5, 0.6) is 0 Å². The Morgan fingerprint density at radius 2 is 1.08 bits per heavy atom. The Kier molecular flexibility index (Phi) is 7.89. The summed E-state index contributed by atoms with van der Waals surface area (Å²) in [5.74, 6) is -2.16. The fraction of sp³-hybridized carbons (Fsp3) is 0.179. The molecule has 0 unspecified atom stereocenters. The largest absolute Gasteiger partial charge is 0.457 e. The number of hydrogen-bond acceptors (Lipinski definition) is 8. The molecule has 3 aromatic carbocycles. The summed E-state index contributed by atoms with van der Waals surface area (Å²) >= 11 is 0. The van der Waals surface area contributed by atoms with Gasteiger partial charge in [-0.25, -0.2) is 14.4 Å². The van der Waals surface area contributed by atoms with Gasteiger partial charge in [0.25, 0.3) is 0 Å². The van der Waals surface area contributed by atoms with Crippen LogP contribution in [0.4, 0.5) is 0 Å². The van der Waals surface area contributed by atoms with Crippen molar-refractivity contribution in [2.75, 3.05) is 6.61 Å². The van der Waals surface area contributed by atoms with Crippen LogP contribution in [-0.2, 0) is 14.2 Å². The van der Waals surface area contributed by atoms with Gasteiger partial charge in [-0.1, -0.05) is 54.6 Å². The standard InChI is InChI=1S/C28H24O8/c29-22-16-21(17-34-26(31)18-10-4-1-5-11-18)24(35-27(32)19-12-6-2-7-13-19)25(23(22)30)36-28(33)20-14-8-3-9-15-20/h1-16,22-25,29-30H,17H2/t22-,23-,24-,25-/m1/s1. The Bertz CT molecular complexity index is 1220. The summed E-state index contributed by atoms with van der Waals surface area (Å²) in [7, 11) is 0. The number of hydrogen-bond donors (Lipinski definition) is 2. The Hall–Kier alpha value is -4.27. The van der Waals surface area contributed by atoms with E-state index in [1.54, 1.807) is 78.9 Å². The average molecular weight is 488 g/mol. The topological polar surface area (TPSA) is 119 Å². The van der Waals surface area contributed by atoms with Gasteiger partial charge in [0.1, 0.15) is 18.8 Å². The van der Waals surface area contributed by atoms with Crippen molar-refractivity contribution in [2.45, 2.75) is 24.4 Å². The van der Waals surface area contributed by atoms with Crippen molar-refractivity contribution < 1.29 is 38.8 Å². The molecule has 4 rings (SSSR count). The molecule has 0 bridgehead atoms. The lowest BCUT2D eigenvalue weighted by atomic mass is 9.89. The van der Waals surface area contributed by atoms with E-state index in [0.717, 1.165) is 0 Å². The summed E-state index contributed by atoms with van der Waals surface area (Å²) in [5.41, 5.74) is 0.900. The highest BCUT2D eigenvalue weighted by molar-refractivity contribution is 5.91. The summed E-state index contributed by atoms with van der Waals surface area (Å²) in [6.07, 6.45) is -4.61. The molecule has 0 radical (unpaired) electrons. The highest BCUT2D eigenvalue weighted by Crippen LogP contribution is 2.28. The van der Waals surface area contributed by atoms with Crippen LogP contribution in [0.2, 0.25) is 0 Å². The molecular weight excluding hydrogens is 464 g/mol. The lowest BCUT2D eigenvalue weighted by Gasteiger charge is -2.37. The molecule has 3 aromatic rings. The average Bonchev–Trinajstić information content (AvgIpc) is 2.92. The Morgan fingerprint density at radius 3 is 1.58 bits per heavy atom. The second-order valence-electron chi connectivity index (χ2n) is 8.09. The van der Waals surface area contributed by atoms with Crippen molar-refractivity contribution in [3.63, 3.8) is 0 Å². The van der Waals surface area contributed by atoms with Crippen LogP contribution in [-0.4, -0.2) is 59.1 Å². The van der Waals surface area contributed by atoms with E-state index in [-0.39, 0.29) is 23.3 Å². The number of ether oxygens (including phenoxy) is 3. The number of benzene rings is 3. The third-order valence-corrected chi connectivity index (χ3v) is 5.61. The molecule has 184 valence electrons. The highest BCUT2D eigenvalue weighted by Gasteiger charge is 2.44. The molecule has 4 atom stereocenters. The van der Waals surface area contributed by atoms with Gasteiger partial charge in [0.2, 0.25) is 0 Å². The van der Waals surface area contributed by atoms with E-state index >= 15 is 0 Å². The molecule has 0 saturated carbocycles. The summed E-state index contributed by atoms with van der Waals surface area (Å²) in [5, 5.41) is 21.1. The van der Waals surface area contributed by atoms with Crippen molar-refractivity contribution in [1.29, 1.82) is 0 Å². The van der Waals surface area contributed by atoms with E-state index in [4.69, 9.17) is 14.2 Å². The van der Waals surface area contributed by atoms with Crippen LogP contribution in [0.3, 0.4) is 0 Å². The molecular formula is C28H24O8. The van der Waals surface area contributed by atoms with Crippen LogP contribution < -0.4 is 0 Å². The van der Waals surface area contributed by atoms with Gasteiger partial charge in [0, 0.05) is 5.57 Å². The predicted molar refractivity (Wildman–Crippen MR) is 128 cm³/mol. The third-order valence-electron chi connectivity index (χ3n) is 5.61. The first kappa shape index (κ1) is 24.8. The Morgan fingerprint density at radius 1 is 0.639 bits per heavy atom. The monoisotopic (exact) mass is 488 g/mol. The summed E-state index contributed by atoms with van der Waals surface area (Å²) in [4.78, 5) is 38.1. The van der Waals surface area contributed by atoms with Gasteiger partial charge >= 0.3 is 17.9 Å². The fourth-order valence-electron chi connectivity index (χ4n) is 3.73. The molecule has 0 saturated heterocycles. The summed E-state index contributed by atoms with van der Waals surface area (Å²) in [6.45, 7) is -0.371. The first-order chi connectivity index (χ1) is 17.4. The first-order valence-corrected chi connectivity index (χ1v) is 11.2. The lowest BCUT2D eigenvalue weighted by molar-refractivity contribution is -0.107. The number of aliphatic hydroxyl groups excluding tert-OH is 2. The quantitative estimate of drug-likeness (QED) is 0.296. The lowest BCUT2D eigenvalue weighted by Crippen LogP contribution is -2.53. The zero-order chi connectivity index (χ0) is 25.5. The van der Waals surface area contributed by atoms with Gasteiger partial charge in [0.05, 0.1) is 16.7 Å².